The van der Waals surface area contributed by atoms with E-state index in [9.17, 15) is 19.5 Å². The fourth-order valence-electron chi connectivity index (χ4n) is 2.24. The zero-order valence-electron chi connectivity index (χ0n) is 11.1. The summed E-state index contributed by atoms with van der Waals surface area (Å²) in [5.74, 6) is -1.90. The number of hydrogen-bond donors (Lipinski definition) is 3. The highest BCUT2D eigenvalue weighted by atomic mass is 32.2. The molecule has 1 aromatic heterocycles. The second-order valence-electron chi connectivity index (χ2n) is 4.71. The zero-order chi connectivity index (χ0) is 15.9. The summed E-state index contributed by atoms with van der Waals surface area (Å²) in [5, 5.41) is 13.4. The number of carboxylic acids is 1. The molecule has 2 aliphatic rings. The normalized spacial score (nSPS) is 26.8. The van der Waals surface area contributed by atoms with Gasteiger partial charge in [0.05, 0.1) is 11.8 Å². The maximum Gasteiger partial charge on any atom is 0.352 e. The lowest BCUT2D eigenvalue weighted by Gasteiger charge is -2.48. The third-order valence-electron chi connectivity index (χ3n) is 3.26. The highest BCUT2D eigenvalue weighted by Gasteiger charge is 2.52. The maximum atomic E-state index is 12.0. The number of aromatic nitrogens is 1. The largest absolute Gasteiger partial charge is 0.477 e. The van der Waals surface area contributed by atoms with Crippen LogP contribution in [0.5, 0.6) is 0 Å². The lowest BCUT2D eigenvalue weighted by Crippen LogP contribution is -2.69. The first-order chi connectivity index (χ1) is 10.5. The SMILES string of the molecule is N[C@@H]1C(=O)N2C(C(=O)O)=CC(NC(=O)Cc3nccs3)S[C@H]12. The number of nitrogens with two attached hydrogens (primary N) is 1. The minimum absolute atomic E-state index is 0.129. The van der Waals surface area contributed by atoms with E-state index in [-0.39, 0.29) is 18.0 Å². The molecule has 4 N–H and O–H groups in total. The molecule has 1 unspecified atom stereocenters. The lowest BCUT2D eigenvalue weighted by atomic mass is 10.1. The van der Waals surface area contributed by atoms with Crippen molar-refractivity contribution in [3.8, 4) is 0 Å². The van der Waals surface area contributed by atoms with E-state index in [0.29, 0.717) is 5.01 Å². The Morgan fingerprint density at radius 3 is 2.91 bits per heavy atom. The number of β-lactam (4-membered cyclic amide) rings is 1. The number of fused-ring (bicyclic) bond motifs is 1. The van der Waals surface area contributed by atoms with Gasteiger partial charge in [-0.2, -0.15) is 0 Å². The van der Waals surface area contributed by atoms with Crippen molar-refractivity contribution in [2.45, 2.75) is 23.2 Å². The quantitative estimate of drug-likeness (QED) is 0.621. The van der Waals surface area contributed by atoms with E-state index in [1.54, 1.807) is 11.6 Å². The van der Waals surface area contributed by atoms with Crippen molar-refractivity contribution in [2.75, 3.05) is 0 Å². The van der Waals surface area contributed by atoms with E-state index in [4.69, 9.17) is 5.73 Å². The summed E-state index contributed by atoms with van der Waals surface area (Å²) < 4.78 is 0. The van der Waals surface area contributed by atoms with Crippen molar-refractivity contribution in [1.82, 2.24) is 15.2 Å². The topological polar surface area (TPSA) is 126 Å². The molecule has 0 radical (unpaired) electrons. The molecule has 0 aromatic carbocycles. The average Bonchev–Trinajstić information content (AvgIpc) is 2.98. The molecule has 0 bridgehead atoms. The first-order valence-corrected chi connectivity index (χ1v) is 8.16. The molecule has 1 fully saturated rings. The molecule has 116 valence electrons. The fraction of sp³-hybridized carbons (Fsp3) is 0.333. The van der Waals surface area contributed by atoms with Gasteiger partial charge >= 0.3 is 5.97 Å². The third-order valence-corrected chi connectivity index (χ3v) is 5.37. The predicted molar refractivity (Wildman–Crippen MR) is 79.7 cm³/mol. The van der Waals surface area contributed by atoms with E-state index in [1.165, 1.54) is 29.2 Å². The first kappa shape index (κ1) is 15.0. The van der Waals surface area contributed by atoms with Crippen LogP contribution in [0.15, 0.2) is 23.3 Å². The van der Waals surface area contributed by atoms with Crippen LogP contribution in [0.3, 0.4) is 0 Å². The monoisotopic (exact) mass is 340 g/mol. The Morgan fingerprint density at radius 1 is 1.50 bits per heavy atom. The summed E-state index contributed by atoms with van der Waals surface area (Å²) in [6, 6.07) is -0.744. The molecule has 0 aliphatic carbocycles. The van der Waals surface area contributed by atoms with E-state index in [1.807, 2.05) is 0 Å². The van der Waals surface area contributed by atoms with Crippen molar-refractivity contribution in [3.63, 3.8) is 0 Å². The third kappa shape index (κ3) is 2.60. The van der Waals surface area contributed by atoms with Gasteiger partial charge in [0.25, 0.3) is 0 Å². The minimum atomic E-state index is -1.22. The second-order valence-corrected chi connectivity index (χ2v) is 6.95. The van der Waals surface area contributed by atoms with Crippen molar-refractivity contribution in [3.05, 3.63) is 28.4 Å². The van der Waals surface area contributed by atoms with Gasteiger partial charge in [-0.15, -0.1) is 23.1 Å². The van der Waals surface area contributed by atoms with Crippen LogP contribution >= 0.6 is 23.1 Å². The molecule has 3 heterocycles. The maximum absolute atomic E-state index is 12.0. The van der Waals surface area contributed by atoms with Gasteiger partial charge in [-0.05, 0) is 6.08 Å². The van der Waals surface area contributed by atoms with Crippen LogP contribution in [-0.4, -0.2) is 49.6 Å². The van der Waals surface area contributed by atoms with Gasteiger partial charge in [0, 0.05) is 11.6 Å². The second kappa shape index (κ2) is 5.71. The molecule has 1 aromatic rings. The van der Waals surface area contributed by atoms with Crippen LogP contribution in [0.25, 0.3) is 0 Å². The molecule has 1 saturated heterocycles. The van der Waals surface area contributed by atoms with E-state index >= 15 is 0 Å². The van der Waals surface area contributed by atoms with Gasteiger partial charge in [-0.3, -0.25) is 14.5 Å². The summed E-state index contributed by atoms with van der Waals surface area (Å²) in [6.45, 7) is 0. The Bertz CT molecular complexity index is 660. The van der Waals surface area contributed by atoms with Crippen LogP contribution in [0.1, 0.15) is 5.01 Å². The number of hydrogen-bond acceptors (Lipinski definition) is 7. The Balaban J connectivity index is 1.71. The summed E-state index contributed by atoms with van der Waals surface area (Å²) in [7, 11) is 0. The summed E-state index contributed by atoms with van der Waals surface area (Å²) >= 11 is 2.62. The van der Waals surface area contributed by atoms with Crippen molar-refractivity contribution in [2.24, 2.45) is 5.73 Å². The van der Waals surface area contributed by atoms with Gasteiger partial charge in [0.2, 0.25) is 11.8 Å². The van der Waals surface area contributed by atoms with Crippen LogP contribution in [-0.2, 0) is 20.8 Å². The molecule has 10 heteroatoms. The van der Waals surface area contributed by atoms with Crippen LogP contribution in [0, 0.1) is 0 Å². The van der Waals surface area contributed by atoms with Crippen molar-refractivity contribution in [1.29, 1.82) is 0 Å². The van der Waals surface area contributed by atoms with Gasteiger partial charge in [-0.1, -0.05) is 0 Å². The first-order valence-electron chi connectivity index (χ1n) is 6.34. The number of nitrogens with one attached hydrogen (secondary N) is 1. The number of carboxylic acid groups (broad SMARTS) is 1. The summed E-state index contributed by atoms with van der Waals surface area (Å²) in [4.78, 5) is 40.0. The van der Waals surface area contributed by atoms with Gasteiger partial charge in [-0.25, -0.2) is 9.78 Å². The average molecular weight is 340 g/mol. The molecule has 2 amide bonds. The number of carbonyl (C=O) groups excluding carboxylic acids is 2. The Kier molecular flexibility index (Phi) is 3.89. The number of thioether (sulfide) groups is 1. The molecule has 0 spiro atoms. The van der Waals surface area contributed by atoms with Crippen molar-refractivity contribution < 1.29 is 19.5 Å². The molecule has 8 nitrogen and oxygen atoms in total. The Morgan fingerprint density at radius 2 is 2.27 bits per heavy atom. The number of rotatable bonds is 4. The molecule has 2 aliphatic heterocycles. The number of carbonyl (C=O) groups is 3. The van der Waals surface area contributed by atoms with E-state index < -0.39 is 28.7 Å². The highest BCUT2D eigenvalue weighted by molar-refractivity contribution is 8.00. The summed E-state index contributed by atoms with van der Waals surface area (Å²) in [6.07, 6.45) is 3.10. The summed E-state index contributed by atoms with van der Waals surface area (Å²) in [5.41, 5.74) is 5.54. The van der Waals surface area contributed by atoms with Crippen molar-refractivity contribution >= 4 is 40.9 Å². The lowest BCUT2D eigenvalue weighted by molar-refractivity contribution is -0.147. The molecule has 3 atom stereocenters. The fourth-order valence-corrected chi connectivity index (χ4v) is 4.19. The van der Waals surface area contributed by atoms with Gasteiger partial charge < -0.3 is 16.2 Å². The number of aliphatic carboxylic acids is 1. The molecule has 0 saturated carbocycles. The smallest absolute Gasteiger partial charge is 0.352 e. The highest BCUT2D eigenvalue weighted by Crippen LogP contribution is 2.39. The predicted octanol–water partition coefficient (Wildman–Crippen LogP) is -0.661. The number of amides is 2. The molecule has 22 heavy (non-hydrogen) atoms. The molecular formula is C12H12N4O4S2. The van der Waals surface area contributed by atoms with E-state index in [0.717, 1.165) is 4.90 Å². The minimum Gasteiger partial charge on any atom is -0.477 e. The van der Waals surface area contributed by atoms with Gasteiger partial charge in [0.1, 0.15) is 22.1 Å². The standard InChI is InChI=1S/C12H12N4O4S2/c13-9-10(18)16-5(12(19)20)3-8(22-11(9)16)15-6(17)4-7-14-1-2-21-7/h1-3,8-9,11H,4,13H2,(H,15,17)(H,19,20)/t8?,9-,11-/m1/s1. The number of nitrogens with zero attached hydrogens (tertiary/aromatic N) is 2. The zero-order valence-corrected chi connectivity index (χ0v) is 12.8. The van der Waals surface area contributed by atoms with Gasteiger partial charge in [0.15, 0.2) is 0 Å². The molecule has 3 rings (SSSR count). The Labute approximate surface area is 133 Å². The van der Waals surface area contributed by atoms with Crippen LogP contribution < -0.4 is 11.1 Å². The Hall–Kier alpha value is -1.91. The number of thiazole rings is 1. The van der Waals surface area contributed by atoms with Crippen LogP contribution in [0.2, 0.25) is 0 Å². The molecular weight excluding hydrogens is 328 g/mol. The van der Waals surface area contributed by atoms with Crippen LogP contribution in [0.4, 0.5) is 0 Å². The van der Waals surface area contributed by atoms with E-state index in [2.05, 4.69) is 10.3 Å².